The van der Waals surface area contributed by atoms with Gasteiger partial charge in [-0.15, -0.1) is 0 Å². The summed E-state index contributed by atoms with van der Waals surface area (Å²) < 4.78 is 0. The zero-order valence-electron chi connectivity index (χ0n) is 19.9. The van der Waals surface area contributed by atoms with Gasteiger partial charge in [0, 0.05) is 20.4 Å². The minimum absolute atomic E-state index is 0.388. The van der Waals surface area contributed by atoms with Gasteiger partial charge in [-0.25, -0.2) is 0 Å². The molecule has 0 fully saturated rings. The molecule has 1 aliphatic heterocycles. The van der Waals surface area contributed by atoms with Crippen molar-refractivity contribution in [2.24, 2.45) is 0 Å². The van der Waals surface area contributed by atoms with E-state index in [2.05, 4.69) is 127 Å². The molecule has 1 spiro atoms. The second-order valence-corrected chi connectivity index (χ2v) is 11.3. The second-order valence-electron chi connectivity index (χ2n) is 9.80. The van der Waals surface area contributed by atoms with Crippen LogP contribution in [-0.2, 0) is 5.41 Å². The largest absolute Gasteiger partial charge is 0.0887 e. The lowest BCUT2D eigenvalue weighted by molar-refractivity contribution is 0.723. The number of rotatable bonds is 1. The maximum Gasteiger partial charge on any atom is 0.0735 e. The van der Waals surface area contributed by atoms with Gasteiger partial charge < -0.3 is 0 Å². The Morgan fingerprint density at radius 3 is 1.89 bits per heavy atom. The van der Waals surface area contributed by atoms with Gasteiger partial charge >= 0.3 is 0 Å². The Labute approximate surface area is 225 Å². The first-order valence-corrected chi connectivity index (χ1v) is 13.7. The van der Waals surface area contributed by atoms with E-state index in [0.29, 0.717) is 0 Å². The van der Waals surface area contributed by atoms with Gasteiger partial charge in [0.15, 0.2) is 0 Å². The highest BCUT2D eigenvalue weighted by Crippen LogP contribution is 2.63. The van der Waals surface area contributed by atoms with E-state index in [1.54, 1.807) is 0 Å². The van der Waals surface area contributed by atoms with Crippen molar-refractivity contribution >= 4 is 34.1 Å². The maximum absolute atomic E-state index is 7.06. The molecule has 0 aromatic heterocycles. The molecule has 2 aliphatic rings. The quantitative estimate of drug-likeness (QED) is 0.212. The van der Waals surface area contributed by atoms with Crippen LogP contribution in [0.15, 0.2) is 137 Å². The molecule has 0 atom stereocenters. The van der Waals surface area contributed by atoms with Crippen molar-refractivity contribution in [3.05, 3.63) is 155 Å². The number of benzene rings is 6. The van der Waals surface area contributed by atoms with Gasteiger partial charge in [0.05, 0.1) is 5.41 Å². The van der Waals surface area contributed by atoms with Crippen LogP contribution in [0.5, 0.6) is 0 Å². The Morgan fingerprint density at radius 1 is 0.514 bits per heavy atom. The summed E-state index contributed by atoms with van der Waals surface area (Å²) in [5.41, 5.74) is 9.85. The number of hydrogen-bond donors (Lipinski definition) is 0. The van der Waals surface area contributed by atoms with E-state index in [0.717, 1.165) is 16.1 Å². The van der Waals surface area contributed by atoms with Crippen LogP contribution in [0.3, 0.4) is 0 Å². The first-order valence-electron chi connectivity index (χ1n) is 12.6. The third kappa shape index (κ3) is 2.82. The highest BCUT2D eigenvalue weighted by Gasteiger charge is 2.50. The molecule has 0 saturated carbocycles. The molecule has 174 valence electrons. The summed E-state index contributed by atoms with van der Waals surface area (Å²) in [6, 6.07) is 46.3. The van der Waals surface area contributed by atoms with E-state index in [4.69, 9.17) is 11.6 Å². The molecule has 0 bridgehead atoms. The van der Waals surface area contributed by atoms with Crippen LogP contribution >= 0.6 is 23.4 Å². The predicted molar refractivity (Wildman–Crippen MR) is 156 cm³/mol. The molecular weight excluding hydrogens is 488 g/mol. The summed E-state index contributed by atoms with van der Waals surface area (Å²) in [5.74, 6) is 0. The van der Waals surface area contributed by atoms with Gasteiger partial charge in [0.25, 0.3) is 0 Å². The van der Waals surface area contributed by atoms with Crippen LogP contribution in [0.1, 0.15) is 22.3 Å². The molecule has 0 saturated heterocycles. The summed E-state index contributed by atoms with van der Waals surface area (Å²) in [6.45, 7) is 0. The SMILES string of the molecule is Clc1ccc2c(c1-c1ccc3ccccc3c1)Sc1ccccc1C21c2ccccc2-c2ccccc21. The zero-order valence-corrected chi connectivity index (χ0v) is 21.5. The van der Waals surface area contributed by atoms with Crippen LogP contribution in [0.25, 0.3) is 33.0 Å². The third-order valence-corrected chi connectivity index (χ3v) is 9.52. The topological polar surface area (TPSA) is 0 Å². The van der Waals surface area contributed by atoms with Crippen molar-refractivity contribution in [2.45, 2.75) is 15.2 Å². The van der Waals surface area contributed by atoms with Crippen molar-refractivity contribution in [1.29, 1.82) is 0 Å². The van der Waals surface area contributed by atoms with E-state index >= 15 is 0 Å². The Balaban J connectivity index is 1.52. The van der Waals surface area contributed by atoms with Gasteiger partial charge in [0.2, 0.25) is 0 Å². The first-order chi connectivity index (χ1) is 18.3. The monoisotopic (exact) mass is 508 g/mol. The molecule has 0 amide bonds. The molecule has 8 rings (SSSR count). The molecule has 0 radical (unpaired) electrons. The van der Waals surface area contributed by atoms with Crippen LogP contribution in [0.4, 0.5) is 0 Å². The molecule has 0 N–H and O–H groups in total. The maximum atomic E-state index is 7.06. The molecule has 6 aromatic rings. The fraction of sp³-hybridized carbons (Fsp3) is 0.0286. The lowest BCUT2D eigenvalue weighted by Gasteiger charge is -2.40. The molecule has 2 heteroatoms. The van der Waals surface area contributed by atoms with Gasteiger partial charge in [-0.3, -0.25) is 0 Å². The van der Waals surface area contributed by atoms with Crippen molar-refractivity contribution in [3.63, 3.8) is 0 Å². The van der Waals surface area contributed by atoms with Gasteiger partial charge in [-0.1, -0.05) is 133 Å². The summed E-state index contributed by atoms with van der Waals surface area (Å²) in [5, 5.41) is 3.25. The molecule has 0 unspecified atom stereocenters. The Kier molecular flexibility index (Phi) is 4.53. The summed E-state index contributed by atoms with van der Waals surface area (Å²) >= 11 is 8.91. The zero-order chi connectivity index (χ0) is 24.6. The van der Waals surface area contributed by atoms with E-state index in [9.17, 15) is 0 Å². The normalized spacial score (nSPS) is 14.2. The smallest absolute Gasteiger partial charge is 0.0735 e. The third-order valence-electron chi connectivity index (χ3n) is 8.00. The Morgan fingerprint density at radius 2 is 1.14 bits per heavy atom. The molecule has 37 heavy (non-hydrogen) atoms. The van der Waals surface area contributed by atoms with Crippen LogP contribution in [-0.4, -0.2) is 0 Å². The highest BCUT2D eigenvalue weighted by molar-refractivity contribution is 7.99. The van der Waals surface area contributed by atoms with Crippen molar-refractivity contribution in [1.82, 2.24) is 0 Å². The lowest BCUT2D eigenvalue weighted by Crippen LogP contribution is -2.32. The fourth-order valence-corrected chi connectivity index (χ4v) is 8.19. The highest BCUT2D eigenvalue weighted by atomic mass is 35.5. The standard InChI is InChI=1S/C35H21ClS/c36-31-20-19-30-34(33(31)24-18-17-22-9-1-2-10-23(22)21-24)37-32-16-8-7-15-29(32)35(30)27-13-5-3-11-25(27)26-12-4-6-14-28(26)35/h1-21H. The van der Waals surface area contributed by atoms with Gasteiger partial charge in [0.1, 0.15) is 0 Å². The van der Waals surface area contributed by atoms with E-state index < -0.39 is 0 Å². The number of fused-ring (bicyclic) bond motifs is 10. The fourth-order valence-electron chi connectivity index (χ4n) is 6.51. The van der Waals surface area contributed by atoms with Crippen molar-refractivity contribution in [2.75, 3.05) is 0 Å². The minimum atomic E-state index is -0.388. The van der Waals surface area contributed by atoms with Crippen LogP contribution in [0.2, 0.25) is 5.02 Å². The first kappa shape index (κ1) is 21.3. The molecule has 0 nitrogen and oxygen atoms in total. The van der Waals surface area contributed by atoms with Crippen LogP contribution < -0.4 is 0 Å². The van der Waals surface area contributed by atoms with Crippen molar-refractivity contribution in [3.8, 4) is 22.3 Å². The average Bonchev–Trinajstić information content (AvgIpc) is 3.24. The average molecular weight is 509 g/mol. The van der Waals surface area contributed by atoms with E-state index in [1.165, 1.54) is 53.9 Å². The summed E-state index contributed by atoms with van der Waals surface area (Å²) in [4.78, 5) is 2.53. The Hall–Kier alpha value is -3.78. The van der Waals surface area contributed by atoms with Gasteiger partial charge in [-0.05, 0) is 67.9 Å². The number of halogens is 1. The van der Waals surface area contributed by atoms with E-state index in [-0.39, 0.29) is 5.41 Å². The summed E-state index contributed by atoms with van der Waals surface area (Å²) in [7, 11) is 0. The van der Waals surface area contributed by atoms with Crippen molar-refractivity contribution < 1.29 is 0 Å². The molecule has 1 heterocycles. The summed E-state index contributed by atoms with van der Waals surface area (Å²) in [6.07, 6.45) is 0. The van der Waals surface area contributed by atoms with E-state index in [1.807, 2.05) is 11.8 Å². The lowest BCUT2D eigenvalue weighted by atomic mass is 9.67. The molecule has 1 aliphatic carbocycles. The number of hydrogen-bond acceptors (Lipinski definition) is 1. The van der Waals surface area contributed by atoms with Gasteiger partial charge in [-0.2, -0.15) is 0 Å². The van der Waals surface area contributed by atoms with Crippen LogP contribution in [0, 0.1) is 0 Å². The molecular formula is C35H21ClS. The minimum Gasteiger partial charge on any atom is -0.0887 e. The predicted octanol–water partition coefficient (Wildman–Crippen LogP) is 9.99. The molecule has 6 aromatic carbocycles. The Bertz CT molecular complexity index is 1840. The second kappa shape index (κ2) is 7.86.